The molecule has 12 N–H and O–H groups in total. The first-order chi connectivity index (χ1) is 51.8. The standard InChI is InChI=1S/C87H167NO18/c1-3-5-7-9-11-13-15-17-19-21-23-25-27-29-31-33-34-35-36-37-39-41-43-45-47-49-51-53-55-57-59-61-63-65-75(93)88-70(71(92)64-62-60-58-56-54-52-50-48-46-44-42-40-38-32-30-28-26-24-22-20-18-16-14-12-10-8-6-4-2)69-101-85-81(99)78(96)83(73(67-90)103-85)106-87-82(100)79(97)84(74(68-91)104-87)105-86-80(98)77(95)76(94)72(66-89)102-86/h21,23,70-74,76-87,89-92,94-100H,3-20,22,24-69H2,1-2H3,(H,88,93)/b23-21-. The number of hydrogen-bond donors (Lipinski definition) is 12. The molecule has 3 heterocycles. The van der Waals surface area contributed by atoms with Crippen molar-refractivity contribution < 1.29 is 89.4 Å². The Morgan fingerprint density at radius 2 is 0.594 bits per heavy atom. The SMILES string of the molecule is CCCCCCCCCC/C=C\CCCCCCCCCCCCCCCCCCCCCCCC(=O)NC(COC1OC(CO)C(OC2OC(CO)C(OC3OC(CO)C(O)C(O)C3O)C(O)C2O)C(O)C1O)C(O)CCCCCCCCCCCCCCCCCCCCCCCCCCCCCC. The van der Waals surface area contributed by atoms with E-state index < -0.39 is 124 Å². The minimum absolute atomic E-state index is 0.232. The third-order valence-corrected chi connectivity index (χ3v) is 22.8. The summed E-state index contributed by atoms with van der Waals surface area (Å²) < 4.78 is 34.6. The van der Waals surface area contributed by atoms with Crippen LogP contribution in [0.3, 0.4) is 0 Å². The van der Waals surface area contributed by atoms with Crippen molar-refractivity contribution >= 4 is 5.91 Å². The molecule has 1 amide bonds. The molecule has 3 fully saturated rings. The Bertz CT molecular complexity index is 1960. The quantitative estimate of drug-likeness (QED) is 0.0199. The maximum Gasteiger partial charge on any atom is 0.220 e. The molecule has 0 bridgehead atoms. The highest BCUT2D eigenvalue weighted by atomic mass is 16.8. The largest absolute Gasteiger partial charge is 0.394 e. The summed E-state index contributed by atoms with van der Waals surface area (Å²) in [4.78, 5) is 13.5. The highest BCUT2D eigenvalue weighted by molar-refractivity contribution is 5.76. The van der Waals surface area contributed by atoms with E-state index in [0.29, 0.717) is 12.8 Å². The van der Waals surface area contributed by atoms with Crippen molar-refractivity contribution in [1.82, 2.24) is 5.32 Å². The van der Waals surface area contributed by atoms with Crippen LogP contribution in [0.25, 0.3) is 0 Å². The van der Waals surface area contributed by atoms with E-state index in [1.807, 2.05) is 0 Å². The molecule has 3 rings (SSSR count). The van der Waals surface area contributed by atoms with Gasteiger partial charge in [0.2, 0.25) is 5.91 Å². The molecule has 3 saturated heterocycles. The van der Waals surface area contributed by atoms with Gasteiger partial charge in [-0.1, -0.05) is 373 Å². The van der Waals surface area contributed by atoms with Gasteiger partial charge in [-0.05, 0) is 38.5 Å². The number of amides is 1. The topological polar surface area (TPSA) is 307 Å². The lowest BCUT2D eigenvalue weighted by molar-refractivity contribution is -0.379. The Morgan fingerprint density at radius 3 is 0.915 bits per heavy atom. The molecular weight excluding hydrogens is 1350 g/mol. The number of allylic oxidation sites excluding steroid dienone is 2. The third-order valence-electron chi connectivity index (χ3n) is 22.8. The number of aliphatic hydroxyl groups excluding tert-OH is 11. The number of aliphatic hydroxyl groups is 11. The molecule has 0 aromatic carbocycles. The van der Waals surface area contributed by atoms with Crippen LogP contribution < -0.4 is 5.32 Å². The number of rotatable bonds is 74. The molecule has 0 aliphatic carbocycles. The number of nitrogens with one attached hydrogen (secondary N) is 1. The van der Waals surface area contributed by atoms with E-state index in [-0.39, 0.29) is 18.9 Å². The molecule has 0 spiro atoms. The first kappa shape index (κ1) is 98.7. The number of ether oxygens (including phenoxy) is 6. The Labute approximate surface area is 646 Å². The van der Waals surface area contributed by atoms with Crippen molar-refractivity contribution in [2.24, 2.45) is 0 Å². The number of carbonyl (C=O) groups is 1. The molecule has 0 saturated carbocycles. The summed E-state index contributed by atoms with van der Waals surface area (Å²) >= 11 is 0. The fourth-order valence-corrected chi connectivity index (χ4v) is 15.7. The highest BCUT2D eigenvalue weighted by Crippen LogP contribution is 2.34. The van der Waals surface area contributed by atoms with Crippen LogP contribution >= 0.6 is 0 Å². The minimum Gasteiger partial charge on any atom is -0.394 e. The first-order valence-corrected chi connectivity index (χ1v) is 44.9. The van der Waals surface area contributed by atoms with Crippen molar-refractivity contribution in [3.8, 4) is 0 Å². The van der Waals surface area contributed by atoms with Crippen molar-refractivity contribution in [3.63, 3.8) is 0 Å². The van der Waals surface area contributed by atoms with Gasteiger partial charge in [-0.25, -0.2) is 0 Å². The van der Waals surface area contributed by atoms with Gasteiger partial charge in [0, 0.05) is 6.42 Å². The summed E-state index contributed by atoms with van der Waals surface area (Å²) in [6.45, 7) is 1.88. The summed E-state index contributed by atoms with van der Waals surface area (Å²) in [6, 6.07) is -0.886. The zero-order chi connectivity index (χ0) is 76.7. The molecule has 106 heavy (non-hydrogen) atoms. The Hall–Kier alpha value is -1.47. The fraction of sp³-hybridized carbons (Fsp3) is 0.966. The maximum absolute atomic E-state index is 13.5. The molecule has 3 aliphatic rings. The molecule has 628 valence electrons. The van der Waals surface area contributed by atoms with E-state index >= 15 is 0 Å². The summed E-state index contributed by atoms with van der Waals surface area (Å²) in [5.41, 5.74) is 0. The van der Waals surface area contributed by atoms with Crippen molar-refractivity contribution in [3.05, 3.63) is 12.2 Å². The lowest BCUT2D eigenvalue weighted by Gasteiger charge is -2.48. The van der Waals surface area contributed by atoms with Crippen LogP contribution in [0.5, 0.6) is 0 Å². The predicted molar refractivity (Wildman–Crippen MR) is 425 cm³/mol. The Balaban J connectivity index is 1.32. The first-order valence-electron chi connectivity index (χ1n) is 44.9. The molecule has 17 unspecified atom stereocenters. The van der Waals surface area contributed by atoms with Gasteiger partial charge < -0.3 is 89.9 Å². The lowest BCUT2D eigenvalue weighted by Crippen LogP contribution is -2.66. The fourth-order valence-electron chi connectivity index (χ4n) is 15.7. The summed E-state index contributed by atoms with van der Waals surface area (Å²) in [5, 5.41) is 121. The van der Waals surface area contributed by atoms with Crippen LogP contribution in [0.1, 0.15) is 406 Å². The van der Waals surface area contributed by atoms with E-state index in [1.54, 1.807) is 0 Å². The van der Waals surface area contributed by atoms with E-state index in [2.05, 4.69) is 31.3 Å². The van der Waals surface area contributed by atoms with E-state index in [4.69, 9.17) is 28.4 Å². The highest BCUT2D eigenvalue weighted by Gasteiger charge is 2.54. The summed E-state index contributed by atoms with van der Waals surface area (Å²) in [6.07, 6.45) is 56.1. The second-order valence-corrected chi connectivity index (χ2v) is 32.4. The molecule has 19 nitrogen and oxygen atoms in total. The third kappa shape index (κ3) is 46.6. The zero-order valence-corrected chi connectivity index (χ0v) is 67.7. The van der Waals surface area contributed by atoms with Gasteiger partial charge in [-0.2, -0.15) is 0 Å². The second-order valence-electron chi connectivity index (χ2n) is 32.4. The number of carbonyl (C=O) groups excluding carboxylic acids is 1. The molecule has 17 atom stereocenters. The van der Waals surface area contributed by atoms with Gasteiger partial charge in [0.15, 0.2) is 18.9 Å². The average Bonchev–Trinajstić information content (AvgIpc) is 0.781. The van der Waals surface area contributed by atoms with Crippen LogP contribution in [0.2, 0.25) is 0 Å². The smallest absolute Gasteiger partial charge is 0.220 e. The van der Waals surface area contributed by atoms with Gasteiger partial charge in [0.1, 0.15) is 73.2 Å². The van der Waals surface area contributed by atoms with Crippen molar-refractivity contribution in [1.29, 1.82) is 0 Å². The van der Waals surface area contributed by atoms with Gasteiger partial charge in [-0.3, -0.25) is 4.79 Å². The Kier molecular flexibility index (Phi) is 63.3. The molecule has 0 aromatic rings. The monoisotopic (exact) mass is 1510 g/mol. The molecule has 3 aliphatic heterocycles. The lowest BCUT2D eigenvalue weighted by atomic mass is 9.96. The maximum atomic E-state index is 13.5. The summed E-state index contributed by atoms with van der Waals surface area (Å²) in [5.74, 6) is -0.232. The zero-order valence-electron chi connectivity index (χ0n) is 67.7. The average molecular weight is 1520 g/mol. The second kappa shape index (κ2) is 68.0. The van der Waals surface area contributed by atoms with Gasteiger partial charge in [-0.15, -0.1) is 0 Å². The van der Waals surface area contributed by atoms with E-state index in [0.717, 1.165) is 44.9 Å². The van der Waals surface area contributed by atoms with E-state index in [1.165, 1.54) is 327 Å². The van der Waals surface area contributed by atoms with Gasteiger partial charge >= 0.3 is 0 Å². The number of unbranched alkanes of at least 4 members (excludes halogenated alkanes) is 56. The normalized spacial score (nSPS) is 25.6. The van der Waals surface area contributed by atoms with Crippen LogP contribution in [0.15, 0.2) is 12.2 Å². The number of hydrogen-bond acceptors (Lipinski definition) is 18. The van der Waals surface area contributed by atoms with Crippen molar-refractivity contribution in [2.75, 3.05) is 26.4 Å². The Morgan fingerprint density at radius 1 is 0.330 bits per heavy atom. The molecule has 0 radical (unpaired) electrons. The molecular formula is C87H167NO18. The minimum atomic E-state index is -1.97. The molecule has 0 aromatic heterocycles. The predicted octanol–water partition coefficient (Wildman–Crippen LogP) is 16.7. The van der Waals surface area contributed by atoms with E-state index in [9.17, 15) is 61.0 Å². The summed E-state index contributed by atoms with van der Waals surface area (Å²) in [7, 11) is 0. The molecule has 19 heteroatoms. The van der Waals surface area contributed by atoms with Gasteiger partial charge in [0.05, 0.1) is 38.6 Å². The van der Waals surface area contributed by atoms with Gasteiger partial charge in [0.25, 0.3) is 0 Å². The van der Waals surface area contributed by atoms with Crippen LogP contribution in [-0.4, -0.2) is 193 Å². The van der Waals surface area contributed by atoms with Crippen LogP contribution in [0.4, 0.5) is 0 Å². The van der Waals surface area contributed by atoms with Crippen LogP contribution in [0, 0.1) is 0 Å². The van der Waals surface area contributed by atoms with Crippen LogP contribution in [-0.2, 0) is 33.2 Å². The van der Waals surface area contributed by atoms with Crippen molar-refractivity contribution in [2.45, 2.75) is 510 Å².